The van der Waals surface area contributed by atoms with Gasteiger partial charge in [0.05, 0.1) is 10.7 Å². The number of rotatable bonds is 5. The molecule has 1 heterocycles. The minimum Gasteiger partial charge on any atom is -0.434 e. The van der Waals surface area contributed by atoms with Crippen LogP contribution >= 0.6 is 27.3 Å². The first kappa shape index (κ1) is 14.7. The normalized spacial score (nSPS) is 11.2. The summed E-state index contributed by atoms with van der Waals surface area (Å²) in [4.78, 5) is 3.97. The van der Waals surface area contributed by atoms with Crippen LogP contribution in [-0.2, 0) is 0 Å². The highest BCUT2D eigenvalue weighted by atomic mass is 79.9. The third kappa shape index (κ3) is 4.14. The summed E-state index contributed by atoms with van der Waals surface area (Å²) >= 11 is 4.47. The fourth-order valence-electron chi connectivity index (χ4n) is 1.29. The Balaban J connectivity index is 2.01. The number of nitrogens with two attached hydrogens (primary N) is 1. The summed E-state index contributed by atoms with van der Waals surface area (Å²) in [5.41, 5.74) is 8.88. The number of ether oxygens (including phenoxy) is 1. The maximum Gasteiger partial charge on any atom is 0.387 e. The van der Waals surface area contributed by atoms with E-state index in [1.165, 1.54) is 23.6 Å². The molecule has 0 fully saturated rings. The first-order valence-electron chi connectivity index (χ1n) is 5.29. The van der Waals surface area contributed by atoms with Crippen molar-refractivity contribution in [3.05, 3.63) is 33.6 Å². The van der Waals surface area contributed by atoms with E-state index in [9.17, 15) is 8.78 Å². The SMILES string of the molecule is Nc1csc(NN=Cc2ccc(OC(F)F)c(Br)c2)n1. The molecule has 0 radical (unpaired) electrons. The number of thiazole rings is 1. The van der Waals surface area contributed by atoms with Crippen LogP contribution < -0.4 is 15.9 Å². The van der Waals surface area contributed by atoms with E-state index in [-0.39, 0.29) is 5.75 Å². The van der Waals surface area contributed by atoms with Gasteiger partial charge >= 0.3 is 6.61 Å². The summed E-state index contributed by atoms with van der Waals surface area (Å²) in [5, 5.41) is 6.22. The number of nitrogens with zero attached hydrogens (tertiary/aromatic N) is 2. The number of alkyl halides is 2. The largest absolute Gasteiger partial charge is 0.434 e. The summed E-state index contributed by atoms with van der Waals surface area (Å²) in [5.74, 6) is 0.488. The van der Waals surface area contributed by atoms with Crippen molar-refractivity contribution in [2.45, 2.75) is 6.61 Å². The quantitative estimate of drug-likeness (QED) is 0.630. The van der Waals surface area contributed by atoms with E-state index >= 15 is 0 Å². The molecule has 3 N–H and O–H groups in total. The Morgan fingerprint density at radius 2 is 2.30 bits per heavy atom. The minimum absolute atomic E-state index is 0.0674. The van der Waals surface area contributed by atoms with Crippen molar-refractivity contribution < 1.29 is 13.5 Å². The molecule has 2 aromatic rings. The Labute approximate surface area is 125 Å². The summed E-state index contributed by atoms with van der Waals surface area (Å²) in [6, 6.07) is 4.64. The standard InChI is InChI=1S/C11H9BrF2N4OS/c12-7-3-6(1-2-8(7)19-10(13)14)4-16-18-11-17-9(15)5-20-11/h1-5,10H,15H2,(H,17,18). The second-order valence-electron chi connectivity index (χ2n) is 3.52. The predicted molar refractivity (Wildman–Crippen MR) is 78.5 cm³/mol. The molecule has 1 aromatic heterocycles. The number of nitrogens with one attached hydrogen (secondary N) is 1. The molecule has 0 bridgehead atoms. The number of benzene rings is 1. The van der Waals surface area contributed by atoms with Gasteiger partial charge in [0.2, 0.25) is 5.13 Å². The van der Waals surface area contributed by atoms with Gasteiger partial charge in [0.25, 0.3) is 0 Å². The van der Waals surface area contributed by atoms with E-state index < -0.39 is 6.61 Å². The topological polar surface area (TPSA) is 72.5 Å². The highest BCUT2D eigenvalue weighted by molar-refractivity contribution is 9.10. The molecule has 0 aliphatic rings. The zero-order chi connectivity index (χ0) is 14.5. The highest BCUT2D eigenvalue weighted by Gasteiger charge is 2.08. The molecule has 1 aromatic carbocycles. The molecule has 0 spiro atoms. The van der Waals surface area contributed by atoms with Gasteiger partial charge in [-0.1, -0.05) is 0 Å². The zero-order valence-electron chi connectivity index (χ0n) is 9.89. The molecule has 0 saturated carbocycles. The Kier molecular flexibility index (Phi) is 4.85. The van der Waals surface area contributed by atoms with Crippen LogP contribution in [0.1, 0.15) is 5.56 Å². The molecule has 2 rings (SSSR count). The average molecular weight is 363 g/mol. The first-order chi connectivity index (χ1) is 9.54. The lowest BCUT2D eigenvalue weighted by molar-refractivity contribution is -0.0503. The molecule has 0 aliphatic carbocycles. The number of hydrazone groups is 1. The lowest BCUT2D eigenvalue weighted by Gasteiger charge is -2.06. The molecule has 106 valence electrons. The lowest BCUT2D eigenvalue weighted by Crippen LogP contribution is -2.02. The van der Waals surface area contributed by atoms with Crippen LogP contribution in [0.3, 0.4) is 0 Å². The van der Waals surface area contributed by atoms with Gasteiger partial charge < -0.3 is 10.5 Å². The maximum atomic E-state index is 12.1. The van der Waals surface area contributed by atoms with Crippen molar-refractivity contribution in [1.29, 1.82) is 0 Å². The third-order valence-corrected chi connectivity index (χ3v) is 3.45. The molecule has 0 saturated heterocycles. The van der Waals surface area contributed by atoms with Gasteiger partial charge in [-0.2, -0.15) is 13.9 Å². The van der Waals surface area contributed by atoms with Gasteiger partial charge in [-0.3, -0.25) is 5.43 Å². The van der Waals surface area contributed by atoms with Crippen LogP contribution in [0, 0.1) is 0 Å². The molecule has 0 amide bonds. The average Bonchev–Trinajstić information content (AvgIpc) is 2.78. The monoisotopic (exact) mass is 362 g/mol. The van der Waals surface area contributed by atoms with Crippen LogP contribution in [-0.4, -0.2) is 17.8 Å². The number of aromatic nitrogens is 1. The van der Waals surface area contributed by atoms with Crippen molar-refractivity contribution in [1.82, 2.24) is 4.98 Å². The van der Waals surface area contributed by atoms with Crippen molar-refractivity contribution in [3.63, 3.8) is 0 Å². The smallest absolute Gasteiger partial charge is 0.387 e. The molecular weight excluding hydrogens is 354 g/mol. The van der Waals surface area contributed by atoms with E-state index in [2.05, 4.69) is 36.2 Å². The molecule has 0 aliphatic heterocycles. The van der Waals surface area contributed by atoms with E-state index in [0.29, 0.717) is 21.0 Å². The van der Waals surface area contributed by atoms with E-state index in [1.54, 1.807) is 17.5 Å². The third-order valence-electron chi connectivity index (χ3n) is 2.07. The van der Waals surface area contributed by atoms with Gasteiger partial charge in [-0.15, -0.1) is 11.3 Å². The number of halogens is 3. The Bertz CT molecular complexity index is 620. The molecule has 9 heteroatoms. The molecule has 20 heavy (non-hydrogen) atoms. The van der Waals surface area contributed by atoms with Gasteiger partial charge in [-0.05, 0) is 39.7 Å². The maximum absolute atomic E-state index is 12.1. The minimum atomic E-state index is -2.86. The first-order valence-corrected chi connectivity index (χ1v) is 6.96. The summed E-state index contributed by atoms with van der Waals surface area (Å²) in [6.45, 7) is -2.86. The predicted octanol–water partition coefficient (Wildman–Crippen LogP) is 3.54. The fourth-order valence-corrected chi connectivity index (χ4v) is 2.33. The fraction of sp³-hybridized carbons (Fsp3) is 0.0909. The summed E-state index contributed by atoms with van der Waals surface area (Å²) < 4.78 is 28.9. The van der Waals surface area contributed by atoms with Crippen LogP contribution in [0.25, 0.3) is 0 Å². The van der Waals surface area contributed by atoms with Crippen LogP contribution in [0.5, 0.6) is 5.75 Å². The van der Waals surface area contributed by atoms with Crippen molar-refractivity contribution in [2.24, 2.45) is 5.10 Å². The second-order valence-corrected chi connectivity index (χ2v) is 5.23. The van der Waals surface area contributed by atoms with Crippen molar-refractivity contribution in [3.8, 4) is 5.75 Å². The van der Waals surface area contributed by atoms with Crippen LogP contribution in [0.2, 0.25) is 0 Å². The van der Waals surface area contributed by atoms with Gasteiger partial charge in [0.15, 0.2) is 0 Å². The number of nitrogen functional groups attached to an aromatic ring is 1. The Hall–Kier alpha value is -1.74. The second kappa shape index (κ2) is 6.62. The number of hydrogen-bond acceptors (Lipinski definition) is 6. The molecule has 0 unspecified atom stereocenters. The van der Waals surface area contributed by atoms with Crippen molar-refractivity contribution in [2.75, 3.05) is 11.2 Å². The number of hydrogen-bond donors (Lipinski definition) is 2. The van der Waals surface area contributed by atoms with Crippen molar-refractivity contribution >= 4 is 44.4 Å². The van der Waals surface area contributed by atoms with E-state index in [1.807, 2.05) is 0 Å². The van der Waals surface area contributed by atoms with Crippen LogP contribution in [0.4, 0.5) is 19.7 Å². The van der Waals surface area contributed by atoms with E-state index in [4.69, 9.17) is 5.73 Å². The summed E-state index contributed by atoms with van der Waals surface area (Å²) in [6.07, 6.45) is 1.52. The van der Waals surface area contributed by atoms with Crippen LogP contribution in [0.15, 0.2) is 33.2 Å². The highest BCUT2D eigenvalue weighted by Crippen LogP contribution is 2.27. The van der Waals surface area contributed by atoms with E-state index in [0.717, 1.165) is 0 Å². The summed E-state index contributed by atoms with van der Waals surface area (Å²) in [7, 11) is 0. The number of anilines is 2. The lowest BCUT2D eigenvalue weighted by atomic mass is 10.2. The molecule has 0 atom stereocenters. The Morgan fingerprint density at radius 3 is 2.90 bits per heavy atom. The van der Waals surface area contributed by atoms with Gasteiger partial charge in [0.1, 0.15) is 11.6 Å². The molecule has 5 nitrogen and oxygen atoms in total. The zero-order valence-corrected chi connectivity index (χ0v) is 12.3. The van der Waals surface area contributed by atoms with Gasteiger partial charge in [-0.25, -0.2) is 4.98 Å². The Morgan fingerprint density at radius 1 is 1.50 bits per heavy atom. The van der Waals surface area contributed by atoms with Gasteiger partial charge in [0, 0.05) is 5.38 Å². The molecular formula is C11H9BrF2N4OS.